The molecule has 1 aliphatic heterocycles. The van der Waals surface area contributed by atoms with Crippen molar-refractivity contribution in [2.75, 3.05) is 78.5 Å². The molecule has 1 saturated heterocycles. The summed E-state index contributed by atoms with van der Waals surface area (Å²) in [5, 5.41) is 3.50. The summed E-state index contributed by atoms with van der Waals surface area (Å²) >= 11 is 0. The van der Waals surface area contributed by atoms with Crippen LogP contribution in [0.2, 0.25) is 0 Å². The molecule has 0 saturated carbocycles. The minimum absolute atomic E-state index is 0.769. The number of ether oxygens (including phenoxy) is 1. The van der Waals surface area contributed by atoms with Crippen LogP contribution in [-0.2, 0) is 4.74 Å². The number of nitrogens with one attached hydrogen (secondary N) is 1. The normalized spacial score (nSPS) is 15.7. The number of piperazine rings is 1. The molecule has 6 heteroatoms. The Morgan fingerprint density at radius 1 is 1.19 bits per heavy atom. The Morgan fingerprint density at radius 3 is 2.58 bits per heavy atom. The summed E-state index contributed by atoms with van der Waals surface area (Å²) in [4.78, 5) is 11.6. The number of likely N-dealkylation sites (N-methyl/N-ethyl adjacent to an activating group) is 1. The molecule has 0 aromatic heterocycles. The van der Waals surface area contributed by atoms with Crippen molar-refractivity contribution in [3.63, 3.8) is 0 Å². The van der Waals surface area contributed by atoms with Crippen LogP contribution in [0.25, 0.3) is 0 Å². The fraction of sp³-hybridized carbons (Fsp3) is 0.650. The molecule has 2 rings (SSSR count). The number of aliphatic imine (C=N–C) groups is 1. The standard InChI is InChI=1S/C20H35N5O/c1-17-7-6-8-19(18(17)2)24-11-13-25(14-12-24)20(21-3)22-9-10-23(4)15-16-26-5/h6-8H,9-16H2,1-5H3,(H,21,22). The zero-order valence-corrected chi connectivity index (χ0v) is 17.1. The van der Waals surface area contributed by atoms with Crippen LogP contribution in [0.15, 0.2) is 23.2 Å². The molecule has 0 unspecified atom stereocenters. The molecule has 0 atom stereocenters. The van der Waals surface area contributed by atoms with Crippen LogP contribution in [0.1, 0.15) is 11.1 Å². The van der Waals surface area contributed by atoms with Crippen molar-refractivity contribution in [2.24, 2.45) is 4.99 Å². The van der Waals surface area contributed by atoms with Gasteiger partial charge in [-0.3, -0.25) is 4.99 Å². The summed E-state index contributed by atoms with van der Waals surface area (Å²) in [6.07, 6.45) is 0. The minimum Gasteiger partial charge on any atom is -0.383 e. The molecule has 1 heterocycles. The predicted octanol–water partition coefficient (Wildman–Crippen LogP) is 1.58. The second kappa shape index (κ2) is 10.4. The van der Waals surface area contributed by atoms with E-state index in [1.54, 1.807) is 7.11 Å². The van der Waals surface area contributed by atoms with Gasteiger partial charge in [0.1, 0.15) is 0 Å². The first kappa shape index (κ1) is 20.5. The van der Waals surface area contributed by atoms with Gasteiger partial charge in [-0.15, -0.1) is 0 Å². The van der Waals surface area contributed by atoms with Gasteiger partial charge in [-0.2, -0.15) is 0 Å². The summed E-state index contributed by atoms with van der Waals surface area (Å²) in [6, 6.07) is 6.58. The topological polar surface area (TPSA) is 43.3 Å². The number of guanidine groups is 1. The van der Waals surface area contributed by atoms with Crippen molar-refractivity contribution in [1.82, 2.24) is 15.1 Å². The zero-order chi connectivity index (χ0) is 18.9. The summed E-state index contributed by atoms with van der Waals surface area (Å²) in [5.74, 6) is 1.01. The molecule has 26 heavy (non-hydrogen) atoms. The van der Waals surface area contributed by atoms with Gasteiger partial charge in [0.05, 0.1) is 6.61 Å². The maximum absolute atomic E-state index is 5.12. The summed E-state index contributed by atoms with van der Waals surface area (Å²) in [7, 11) is 5.73. The van der Waals surface area contributed by atoms with E-state index >= 15 is 0 Å². The fourth-order valence-electron chi connectivity index (χ4n) is 3.29. The number of hydrogen-bond acceptors (Lipinski definition) is 4. The largest absolute Gasteiger partial charge is 0.383 e. The van der Waals surface area contributed by atoms with Crippen molar-refractivity contribution >= 4 is 11.6 Å². The molecule has 0 spiro atoms. The molecule has 0 radical (unpaired) electrons. The van der Waals surface area contributed by atoms with Crippen molar-refractivity contribution in [2.45, 2.75) is 13.8 Å². The maximum Gasteiger partial charge on any atom is 0.193 e. The van der Waals surface area contributed by atoms with Gasteiger partial charge < -0.3 is 24.8 Å². The Labute approximate surface area is 158 Å². The average molecular weight is 362 g/mol. The third-order valence-corrected chi connectivity index (χ3v) is 5.16. The van der Waals surface area contributed by atoms with Gasteiger partial charge in [0.2, 0.25) is 0 Å². The smallest absolute Gasteiger partial charge is 0.193 e. The number of nitrogens with zero attached hydrogens (tertiary/aromatic N) is 4. The quantitative estimate of drug-likeness (QED) is 0.590. The second-order valence-corrected chi connectivity index (χ2v) is 6.96. The van der Waals surface area contributed by atoms with E-state index in [2.05, 4.69) is 64.1 Å². The van der Waals surface area contributed by atoms with Gasteiger partial charge in [0, 0.05) is 65.7 Å². The van der Waals surface area contributed by atoms with Crippen molar-refractivity contribution in [3.8, 4) is 0 Å². The molecule has 0 amide bonds. The van der Waals surface area contributed by atoms with Crippen LogP contribution in [0, 0.1) is 13.8 Å². The minimum atomic E-state index is 0.769. The fourth-order valence-corrected chi connectivity index (χ4v) is 3.29. The van der Waals surface area contributed by atoms with Crippen LogP contribution < -0.4 is 10.2 Å². The molecule has 1 aliphatic rings. The second-order valence-electron chi connectivity index (χ2n) is 6.96. The molecule has 0 aliphatic carbocycles. The number of anilines is 1. The zero-order valence-electron chi connectivity index (χ0n) is 17.1. The van der Waals surface area contributed by atoms with Crippen LogP contribution in [0.5, 0.6) is 0 Å². The first-order valence-electron chi connectivity index (χ1n) is 9.51. The van der Waals surface area contributed by atoms with E-state index in [0.717, 1.165) is 58.4 Å². The highest BCUT2D eigenvalue weighted by molar-refractivity contribution is 5.80. The maximum atomic E-state index is 5.12. The van der Waals surface area contributed by atoms with Crippen LogP contribution in [-0.4, -0.2) is 89.4 Å². The first-order chi connectivity index (χ1) is 12.6. The van der Waals surface area contributed by atoms with Gasteiger partial charge in [-0.05, 0) is 38.1 Å². The third-order valence-electron chi connectivity index (χ3n) is 5.16. The summed E-state index contributed by atoms with van der Waals surface area (Å²) in [6.45, 7) is 12.0. The molecule has 1 fully saturated rings. The van der Waals surface area contributed by atoms with Crippen molar-refractivity contribution in [3.05, 3.63) is 29.3 Å². The molecule has 146 valence electrons. The van der Waals surface area contributed by atoms with E-state index in [1.807, 2.05) is 7.05 Å². The number of aryl methyl sites for hydroxylation is 1. The van der Waals surface area contributed by atoms with E-state index < -0.39 is 0 Å². The van der Waals surface area contributed by atoms with Crippen LogP contribution in [0.4, 0.5) is 5.69 Å². The molecule has 1 aromatic rings. The van der Waals surface area contributed by atoms with E-state index in [-0.39, 0.29) is 0 Å². The Hall–Kier alpha value is -1.79. The lowest BCUT2D eigenvalue weighted by atomic mass is 10.1. The van der Waals surface area contributed by atoms with Crippen molar-refractivity contribution in [1.29, 1.82) is 0 Å². The highest BCUT2D eigenvalue weighted by atomic mass is 16.5. The first-order valence-corrected chi connectivity index (χ1v) is 9.51. The lowest BCUT2D eigenvalue weighted by molar-refractivity contribution is 0.162. The van der Waals surface area contributed by atoms with Gasteiger partial charge >= 0.3 is 0 Å². The molecule has 1 N–H and O–H groups in total. The Morgan fingerprint density at radius 2 is 1.92 bits per heavy atom. The molecular formula is C20H35N5O. The highest BCUT2D eigenvalue weighted by Crippen LogP contribution is 2.23. The third kappa shape index (κ3) is 5.61. The van der Waals surface area contributed by atoms with E-state index in [1.165, 1.54) is 16.8 Å². The van der Waals surface area contributed by atoms with Gasteiger partial charge in [-0.1, -0.05) is 12.1 Å². The van der Waals surface area contributed by atoms with Crippen LogP contribution in [0.3, 0.4) is 0 Å². The van der Waals surface area contributed by atoms with Crippen LogP contribution >= 0.6 is 0 Å². The number of methoxy groups -OCH3 is 1. The van der Waals surface area contributed by atoms with Gasteiger partial charge in [0.25, 0.3) is 0 Å². The average Bonchev–Trinajstić information content (AvgIpc) is 2.66. The Kier molecular flexibility index (Phi) is 8.19. The van der Waals surface area contributed by atoms with E-state index in [9.17, 15) is 0 Å². The Balaban J connectivity index is 1.81. The summed E-state index contributed by atoms with van der Waals surface area (Å²) < 4.78 is 5.12. The summed E-state index contributed by atoms with van der Waals surface area (Å²) in [5.41, 5.74) is 4.12. The van der Waals surface area contributed by atoms with E-state index in [4.69, 9.17) is 4.74 Å². The van der Waals surface area contributed by atoms with E-state index in [0.29, 0.717) is 0 Å². The number of rotatable bonds is 7. The molecule has 6 nitrogen and oxygen atoms in total. The number of hydrogen-bond donors (Lipinski definition) is 1. The highest BCUT2D eigenvalue weighted by Gasteiger charge is 2.20. The predicted molar refractivity (Wildman–Crippen MR) is 110 cm³/mol. The Bertz CT molecular complexity index is 582. The lowest BCUT2D eigenvalue weighted by Gasteiger charge is -2.38. The molecule has 1 aromatic carbocycles. The van der Waals surface area contributed by atoms with Crippen molar-refractivity contribution < 1.29 is 4.74 Å². The van der Waals surface area contributed by atoms with Gasteiger partial charge in [-0.25, -0.2) is 0 Å². The number of benzene rings is 1. The monoisotopic (exact) mass is 361 g/mol. The van der Waals surface area contributed by atoms with Gasteiger partial charge in [0.15, 0.2) is 5.96 Å². The molecule has 0 bridgehead atoms. The molecular weight excluding hydrogens is 326 g/mol. The SMILES string of the molecule is CN=C(NCCN(C)CCOC)N1CCN(c2cccc(C)c2C)CC1. The lowest BCUT2D eigenvalue weighted by Crippen LogP contribution is -2.53.